The number of nitrogens with one attached hydrogen (secondary N) is 1. The van der Waals surface area contributed by atoms with Crippen molar-refractivity contribution < 1.29 is 4.39 Å². The minimum Gasteiger partial charge on any atom is -0.316 e. The Kier molecular flexibility index (Phi) is 5.39. The van der Waals surface area contributed by atoms with Gasteiger partial charge in [0.1, 0.15) is 5.82 Å². The van der Waals surface area contributed by atoms with Crippen molar-refractivity contribution in [1.82, 2.24) is 5.32 Å². The molecule has 5 heteroatoms. The van der Waals surface area contributed by atoms with Crippen LogP contribution in [-0.2, 0) is 12.8 Å². The molecule has 102 valence electrons. The van der Waals surface area contributed by atoms with Gasteiger partial charge in [-0.15, -0.1) is 11.3 Å². The first kappa shape index (κ1) is 15.0. The van der Waals surface area contributed by atoms with Crippen LogP contribution < -0.4 is 5.32 Å². The predicted octanol–water partition coefficient (Wildman–Crippen LogP) is 4.68. The zero-order chi connectivity index (χ0) is 13.8. The SMILES string of the molecule is CNC(Cc1ccc(Br)s1)Cc1cccc(Cl)c1F. The van der Waals surface area contributed by atoms with Crippen molar-refractivity contribution in [2.75, 3.05) is 7.05 Å². The summed E-state index contributed by atoms with van der Waals surface area (Å²) in [5, 5.41) is 3.42. The Morgan fingerprint density at radius 2 is 2.11 bits per heavy atom. The summed E-state index contributed by atoms with van der Waals surface area (Å²) < 4.78 is 15.0. The Balaban J connectivity index is 2.08. The van der Waals surface area contributed by atoms with Gasteiger partial charge in [-0.3, -0.25) is 0 Å². The maximum Gasteiger partial charge on any atom is 0.145 e. The lowest BCUT2D eigenvalue weighted by Gasteiger charge is -2.16. The maximum absolute atomic E-state index is 13.9. The fourth-order valence-electron chi connectivity index (χ4n) is 1.95. The Bertz CT molecular complexity index is 558. The van der Waals surface area contributed by atoms with E-state index in [0.29, 0.717) is 12.0 Å². The lowest BCUT2D eigenvalue weighted by Crippen LogP contribution is -2.30. The molecular weight excluding hydrogens is 349 g/mol. The van der Waals surface area contributed by atoms with E-state index in [2.05, 4.69) is 27.3 Å². The van der Waals surface area contributed by atoms with Gasteiger partial charge in [0.05, 0.1) is 8.81 Å². The first-order valence-electron chi connectivity index (χ1n) is 5.94. The van der Waals surface area contributed by atoms with Gasteiger partial charge in [0.15, 0.2) is 0 Å². The largest absolute Gasteiger partial charge is 0.316 e. The van der Waals surface area contributed by atoms with Crippen molar-refractivity contribution >= 4 is 38.9 Å². The molecule has 1 N–H and O–H groups in total. The highest BCUT2D eigenvalue weighted by molar-refractivity contribution is 9.11. The first-order valence-corrected chi connectivity index (χ1v) is 7.93. The van der Waals surface area contributed by atoms with Crippen LogP contribution in [0.15, 0.2) is 34.1 Å². The van der Waals surface area contributed by atoms with Crippen molar-refractivity contribution in [2.45, 2.75) is 18.9 Å². The van der Waals surface area contributed by atoms with Crippen molar-refractivity contribution in [3.63, 3.8) is 0 Å². The van der Waals surface area contributed by atoms with Crippen LogP contribution in [0.1, 0.15) is 10.4 Å². The number of thiophene rings is 1. The molecular formula is C14H14BrClFNS. The van der Waals surface area contributed by atoms with Crippen LogP contribution in [0.4, 0.5) is 4.39 Å². The second kappa shape index (κ2) is 6.84. The van der Waals surface area contributed by atoms with Crippen LogP contribution in [0.5, 0.6) is 0 Å². The summed E-state index contributed by atoms with van der Waals surface area (Å²) in [7, 11) is 1.90. The molecule has 1 nitrogen and oxygen atoms in total. The highest BCUT2D eigenvalue weighted by atomic mass is 79.9. The summed E-state index contributed by atoms with van der Waals surface area (Å²) in [6, 6.07) is 9.47. The number of rotatable bonds is 5. The van der Waals surface area contributed by atoms with Crippen LogP contribution in [0.3, 0.4) is 0 Å². The van der Waals surface area contributed by atoms with Crippen LogP contribution in [0, 0.1) is 5.82 Å². The van der Waals surface area contributed by atoms with E-state index in [9.17, 15) is 4.39 Å². The van der Waals surface area contributed by atoms with Gasteiger partial charge in [0.2, 0.25) is 0 Å². The summed E-state index contributed by atoms with van der Waals surface area (Å²) in [6.07, 6.45) is 1.50. The van der Waals surface area contributed by atoms with Gasteiger partial charge in [-0.05, 0) is 59.6 Å². The fraction of sp³-hybridized carbons (Fsp3) is 0.286. The molecule has 0 aliphatic carbocycles. The monoisotopic (exact) mass is 361 g/mol. The Labute approximate surface area is 129 Å². The summed E-state index contributed by atoms with van der Waals surface area (Å²) in [5.74, 6) is -0.309. The van der Waals surface area contributed by atoms with Gasteiger partial charge in [-0.1, -0.05) is 23.7 Å². The minimum absolute atomic E-state index is 0.186. The molecule has 0 bridgehead atoms. The number of hydrogen-bond acceptors (Lipinski definition) is 2. The lowest BCUT2D eigenvalue weighted by atomic mass is 10.0. The molecule has 19 heavy (non-hydrogen) atoms. The number of benzene rings is 1. The molecule has 0 amide bonds. The number of halogens is 3. The van der Waals surface area contributed by atoms with E-state index in [1.54, 1.807) is 29.5 Å². The summed E-state index contributed by atoms with van der Waals surface area (Å²) >= 11 is 11.0. The van der Waals surface area contributed by atoms with E-state index < -0.39 is 0 Å². The van der Waals surface area contributed by atoms with Crippen LogP contribution in [0.2, 0.25) is 5.02 Å². The molecule has 0 radical (unpaired) electrons. The van der Waals surface area contributed by atoms with E-state index in [1.807, 2.05) is 13.1 Å². The fourth-order valence-corrected chi connectivity index (χ4v) is 3.71. The van der Waals surface area contributed by atoms with E-state index in [1.165, 1.54) is 4.88 Å². The third-order valence-electron chi connectivity index (χ3n) is 2.98. The normalized spacial score (nSPS) is 12.6. The molecule has 0 aliphatic rings. The first-order chi connectivity index (χ1) is 9.10. The standard InChI is InChI=1S/C14H14BrClFNS/c1-18-10(8-11-5-6-13(15)19-11)7-9-3-2-4-12(16)14(9)17/h2-6,10,18H,7-8H2,1H3. The third-order valence-corrected chi connectivity index (χ3v) is 4.92. The Morgan fingerprint density at radius 1 is 1.32 bits per heavy atom. The Morgan fingerprint density at radius 3 is 2.74 bits per heavy atom. The molecule has 0 aliphatic heterocycles. The minimum atomic E-state index is -0.309. The van der Waals surface area contributed by atoms with Crippen LogP contribution >= 0.6 is 38.9 Å². The predicted molar refractivity (Wildman–Crippen MR) is 83.7 cm³/mol. The topological polar surface area (TPSA) is 12.0 Å². The molecule has 1 aromatic carbocycles. The van der Waals surface area contributed by atoms with E-state index in [4.69, 9.17) is 11.6 Å². The average molecular weight is 363 g/mol. The van der Waals surface area contributed by atoms with E-state index in [0.717, 1.165) is 10.2 Å². The lowest BCUT2D eigenvalue weighted by molar-refractivity contribution is 0.535. The second-order valence-corrected chi connectivity index (χ2v) is 7.27. The Hall–Kier alpha value is -0.420. The van der Waals surface area contributed by atoms with Gasteiger partial charge in [0.25, 0.3) is 0 Å². The average Bonchev–Trinajstić information content (AvgIpc) is 2.79. The zero-order valence-electron chi connectivity index (χ0n) is 10.4. The quantitative estimate of drug-likeness (QED) is 0.814. The van der Waals surface area contributed by atoms with Crippen molar-refractivity contribution in [2.24, 2.45) is 0 Å². The number of hydrogen-bond donors (Lipinski definition) is 1. The van der Waals surface area contributed by atoms with Gasteiger partial charge in [0, 0.05) is 10.9 Å². The van der Waals surface area contributed by atoms with Crippen LogP contribution in [0.25, 0.3) is 0 Å². The smallest absolute Gasteiger partial charge is 0.145 e. The maximum atomic E-state index is 13.9. The molecule has 2 aromatic rings. The van der Waals surface area contributed by atoms with Gasteiger partial charge in [-0.25, -0.2) is 4.39 Å². The van der Waals surface area contributed by atoms with E-state index >= 15 is 0 Å². The highest BCUT2D eigenvalue weighted by Crippen LogP contribution is 2.24. The van der Waals surface area contributed by atoms with Crippen molar-refractivity contribution in [3.8, 4) is 0 Å². The van der Waals surface area contributed by atoms with Gasteiger partial charge in [-0.2, -0.15) is 0 Å². The molecule has 0 saturated carbocycles. The molecule has 2 rings (SSSR count). The zero-order valence-corrected chi connectivity index (χ0v) is 13.6. The molecule has 1 unspecified atom stereocenters. The molecule has 1 atom stereocenters. The number of likely N-dealkylation sites (N-methyl/N-ethyl adjacent to an activating group) is 1. The molecule has 1 heterocycles. The van der Waals surface area contributed by atoms with Crippen molar-refractivity contribution in [3.05, 3.63) is 55.4 Å². The van der Waals surface area contributed by atoms with Crippen molar-refractivity contribution in [1.29, 1.82) is 0 Å². The third kappa shape index (κ3) is 4.02. The molecule has 0 fully saturated rings. The van der Waals surface area contributed by atoms with Gasteiger partial charge < -0.3 is 5.32 Å². The summed E-state index contributed by atoms with van der Waals surface area (Å²) in [4.78, 5) is 1.27. The van der Waals surface area contributed by atoms with Crippen LogP contribution in [-0.4, -0.2) is 13.1 Å². The molecule has 0 saturated heterocycles. The summed E-state index contributed by atoms with van der Waals surface area (Å²) in [5.41, 5.74) is 0.655. The molecule has 1 aromatic heterocycles. The summed E-state index contributed by atoms with van der Waals surface area (Å²) in [6.45, 7) is 0. The second-order valence-electron chi connectivity index (χ2n) is 4.31. The van der Waals surface area contributed by atoms with Gasteiger partial charge >= 0.3 is 0 Å². The molecule has 0 spiro atoms. The highest BCUT2D eigenvalue weighted by Gasteiger charge is 2.14. The van der Waals surface area contributed by atoms with E-state index in [-0.39, 0.29) is 16.9 Å².